The standard InChI is InChI=1S/C15H25NO2/c1-5-16-11-15(2,3)12-18-10-13-6-8-14(17-4)9-7-13/h6-9,16H,5,10-12H2,1-4H3. The van der Waals surface area contributed by atoms with Crippen LogP contribution in [0.25, 0.3) is 0 Å². The molecule has 0 fully saturated rings. The molecule has 0 aliphatic carbocycles. The Hall–Kier alpha value is -1.06. The first-order chi connectivity index (χ1) is 8.57. The van der Waals surface area contributed by atoms with Crippen LogP contribution in [0.4, 0.5) is 0 Å². The van der Waals surface area contributed by atoms with Gasteiger partial charge in [0.05, 0.1) is 20.3 Å². The molecule has 3 nitrogen and oxygen atoms in total. The van der Waals surface area contributed by atoms with E-state index in [4.69, 9.17) is 9.47 Å². The molecular formula is C15H25NO2. The topological polar surface area (TPSA) is 30.5 Å². The molecule has 0 saturated heterocycles. The summed E-state index contributed by atoms with van der Waals surface area (Å²) in [7, 11) is 1.68. The Balaban J connectivity index is 2.31. The van der Waals surface area contributed by atoms with E-state index in [0.29, 0.717) is 6.61 Å². The summed E-state index contributed by atoms with van der Waals surface area (Å²) in [4.78, 5) is 0. The van der Waals surface area contributed by atoms with Crippen LogP contribution in [0, 0.1) is 5.41 Å². The molecule has 0 aliphatic rings. The van der Waals surface area contributed by atoms with E-state index >= 15 is 0 Å². The van der Waals surface area contributed by atoms with E-state index in [-0.39, 0.29) is 5.41 Å². The van der Waals surface area contributed by atoms with Crippen LogP contribution in [0.1, 0.15) is 26.3 Å². The third-order valence-electron chi connectivity index (χ3n) is 2.77. The lowest BCUT2D eigenvalue weighted by atomic mass is 9.95. The number of methoxy groups -OCH3 is 1. The average Bonchev–Trinajstić information content (AvgIpc) is 2.37. The summed E-state index contributed by atoms with van der Waals surface area (Å²) in [6.07, 6.45) is 0. The normalized spacial score (nSPS) is 11.6. The first-order valence-electron chi connectivity index (χ1n) is 6.49. The van der Waals surface area contributed by atoms with Gasteiger partial charge in [-0.05, 0) is 24.2 Å². The quantitative estimate of drug-likeness (QED) is 0.770. The summed E-state index contributed by atoms with van der Waals surface area (Å²) in [6.45, 7) is 9.93. The smallest absolute Gasteiger partial charge is 0.118 e. The maximum absolute atomic E-state index is 5.77. The van der Waals surface area contributed by atoms with E-state index in [9.17, 15) is 0 Å². The lowest BCUT2D eigenvalue weighted by Crippen LogP contribution is -2.33. The lowest BCUT2D eigenvalue weighted by Gasteiger charge is -2.24. The number of hydrogen-bond acceptors (Lipinski definition) is 3. The minimum Gasteiger partial charge on any atom is -0.497 e. The molecule has 1 N–H and O–H groups in total. The van der Waals surface area contributed by atoms with Crippen molar-refractivity contribution in [3.05, 3.63) is 29.8 Å². The summed E-state index contributed by atoms with van der Waals surface area (Å²) in [6, 6.07) is 8.00. The largest absolute Gasteiger partial charge is 0.497 e. The molecule has 0 amide bonds. The molecule has 0 bridgehead atoms. The summed E-state index contributed by atoms with van der Waals surface area (Å²) in [5.74, 6) is 0.881. The van der Waals surface area contributed by atoms with E-state index in [0.717, 1.165) is 25.4 Å². The second-order valence-electron chi connectivity index (χ2n) is 5.29. The lowest BCUT2D eigenvalue weighted by molar-refractivity contribution is 0.0515. The van der Waals surface area contributed by atoms with Crippen molar-refractivity contribution < 1.29 is 9.47 Å². The Bertz CT molecular complexity index is 333. The molecular weight excluding hydrogens is 226 g/mol. The van der Waals surface area contributed by atoms with E-state index in [1.54, 1.807) is 7.11 Å². The van der Waals surface area contributed by atoms with Gasteiger partial charge in [-0.25, -0.2) is 0 Å². The summed E-state index contributed by atoms with van der Waals surface area (Å²) >= 11 is 0. The second kappa shape index (κ2) is 7.39. The first-order valence-corrected chi connectivity index (χ1v) is 6.49. The van der Waals surface area contributed by atoms with Crippen LogP contribution < -0.4 is 10.1 Å². The Morgan fingerprint density at radius 2 is 1.83 bits per heavy atom. The van der Waals surface area contributed by atoms with E-state index < -0.39 is 0 Å². The fraction of sp³-hybridized carbons (Fsp3) is 0.600. The third-order valence-corrected chi connectivity index (χ3v) is 2.77. The molecule has 0 heterocycles. The number of benzene rings is 1. The molecule has 1 rings (SSSR count). The summed E-state index contributed by atoms with van der Waals surface area (Å²) in [5.41, 5.74) is 1.35. The van der Waals surface area contributed by atoms with Gasteiger partial charge in [-0.15, -0.1) is 0 Å². The van der Waals surface area contributed by atoms with Crippen molar-refractivity contribution in [1.29, 1.82) is 0 Å². The molecule has 18 heavy (non-hydrogen) atoms. The molecule has 1 aromatic carbocycles. The maximum atomic E-state index is 5.77. The highest BCUT2D eigenvalue weighted by Gasteiger charge is 2.17. The molecule has 0 aliphatic heterocycles. The van der Waals surface area contributed by atoms with Crippen LogP contribution in [0.5, 0.6) is 5.75 Å². The maximum Gasteiger partial charge on any atom is 0.118 e. The average molecular weight is 251 g/mol. The number of rotatable bonds is 8. The molecule has 0 radical (unpaired) electrons. The van der Waals surface area contributed by atoms with Gasteiger partial charge in [-0.2, -0.15) is 0 Å². The fourth-order valence-corrected chi connectivity index (χ4v) is 1.68. The van der Waals surface area contributed by atoms with Gasteiger partial charge in [0.15, 0.2) is 0 Å². The van der Waals surface area contributed by atoms with Crippen LogP contribution in [0.3, 0.4) is 0 Å². The van der Waals surface area contributed by atoms with Gasteiger partial charge < -0.3 is 14.8 Å². The van der Waals surface area contributed by atoms with Crippen molar-refractivity contribution in [2.45, 2.75) is 27.4 Å². The monoisotopic (exact) mass is 251 g/mol. The second-order valence-corrected chi connectivity index (χ2v) is 5.29. The van der Waals surface area contributed by atoms with Crippen molar-refractivity contribution in [3.63, 3.8) is 0 Å². The van der Waals surface area contributed by atoms with Crippen molar-refractivity contribution in [2.24, 2.45) is 5.41 Å². The molecule has 0 aromatic heterocycles. The van der Waals surface area contributed by atoms with Crippen LogP contribution in [0.15, 0.2) is 24.3 Å². The van der Waals surface area contributed by atoms with Crippen LogP contribution in [-0.4, -0.2) is 26.8 Å². The van der Waals surface area contributed by atoms with Gasteiger partial charge in [-0.3, -0.25) is 0 Å². The summed E-state index contributed by atoms with van der Waals surface area (Å²) in [5, 5.41) is 3.36. The first kappa shape index (κ1) is 15.0. The van der Waals surface area contributed by atoms with Gasteiger partial charge in [0.25, 0.3) is 0 Å². The van der Waals surface area contributed by atoms with Crippen LogP contribution in [0.2, 0.25) is 0 Å². The Labute approximate surface area is 110 Å². The predicted molar refractivity (Wildman–Crippen MR) is 75.0 cm³/mol. The van der Waals surface area contributed by atoms with Crippen molar-refractivity contribution in [2.75, 3.05) is 26.8 Å². The van der Waals surface area contributed by atoms with Gasteiger partial charge in [-0.1, -0.05) is 32.9 Å². The Morgan fingerprint density at radius 1 is 1.17 bits per heavy atom. The van der Waals surface area contributed by atoms with Crippen molar-refractivity contribution in [3.8, 4) is 5.75 Å². The molecule has 3 heteroatoms. The number of ether oxygens (including phenoxy) is 2. The number of nitrogens with one attached hydrogen (secondary N) is 1. The van der Waals surface area contributed by atoms with Gasteiger partial charge in [0, 0.05) is 12.0 Å². The zero-order valence-corrected chi connectivity index (χ0v) is 12.0. The molecule has 0 unspecified atom stereocenters. The van der Waals surface area contributed by atoms with E-state index in [2.05, 4.69) is 26.1 Å². The molecule has 0 atom stereocenters. The van der Waals surface area contributed by atoms with Crippen LogP contribution in [-0.2, 0) is 11.3 Å². The van der Waals surface area contributed by atoms with Gasteiger partial charge in [0.2, 0.25) is 0 Å². The molecule has 102 valence electrons. The van der Waals surface area contributed by atoms with Crippen molar-refractivity contribution >= 4 is 0 Å². The summed E-state index contributed by atoms with van der Waals surface area (Å²) < 4.78 is 10.9. The SMILES string of the molecule is CCNCC(C)(C)COCc1ccc(OC)cc1. The zero-order valence-electron chi connectivity index (χ0n) is 12.0. The molecule has 0 spiro atoms. The highest BCUT2D eigenvalue weighted by atomic mass is 16.5. The minimum absolute atomic E-state index is 0.169. The third kappa shape index (κ3) is 5.52. The highest BCUT2D eigenvalue weighted by molar-refractivity contribution is 5.26. The zero-order chi connectivity index (χ0) is 13.4. The van der Waals surface area contributed by atoms with Crippen LogP contribution >= 0.6 is 0 Å². The van der Waals surface area contributed by atoms with Gasteiger partial charge in [0.1, 0.15) is 5.75 Å². The van der Waals surface area contributed by atoms with Crippen molar-refractivity contribution in [1.82, 2.24) is 5.32 Å². The Morgan fingerprint density at radius 3 is 2.39 bits per heavy atom. The van der Waals surface area contributed by atoms with Gasteiger partial charge >= 0.3 is 0 Å². The molecule has 0 saturated carbocycles. The van der Waals surface area contributed by atoms with E-state index in [1.807, 2.05) is 24.3 Å². The highest BCUT2D eigenvalue weighted by Crippen LogP contribution is 2.16. The van der Waals surface area contributed by atoms with E-state index in [1.165, 1.54) is 5.56 Å². The Kier molecular flexibility index (Phi) is 6.16. The fourth-order valence-electron chi connectivity index (χ4n) is 1.68. The molecule has 1 aromatic rings. The minimum atomic E-state index is 0.169. The number of hydrogen-bond donors (Lipinski definition) is 1. The predicted octanol–water partition coefficient (Wildman–Crippen LogP) is 2.85.